The van der Waals surface area contributed by atoms with Gasteiger partial charge in [-0.25, -0.2) is 18.7 Å². The van der Waals surface area contributed by atoms with Crippen molar-refractivity contribution in [3.63, 3.8) is 0 Å². The molecule has 4 aromatic rings. The Kier molecular flexibility index (Phi) is 5.12. The van der Waals surface area contributed by atoms with Crippen molar-refractivity contribution in [1.82, 2.24) is 19.4 Å². The molecular weight excluding hydrogens is 393 g/mol. The number of methoxy groups -OCH3 is 1. The average Bonchev–Trinajstić information content (AvgIpc) is 3.20. The molecule has 0 bridgehead atoms. The Morgan fingerprint density at radius 2 is 1.93 bits per heavy atom. The minimum atomic E-state index is -0.549. The number of fused-ring (bicyclic) bond motifs is 1. The van der Waals surface area contributed by atoms with Crippen LogP contribution in [0.1, 0.15) is 0 Å². The predicted molar refractivity (Wildman–Crippen MR) is 106 cm³/mol. The van der Waals surface area contributed by atoms with Crippen molar-refractivity contribution in [1.29, 1.82) is 0 Å². The topological polar surface area (TPSA) is 100 Å². The van der Waals surface area contributed by atoms with Crippen LogP contribution in [-0.4, -0.2) is 39.1 Å². The van der Waals surface area contributed by atoms with Crippen molar-refractivity contribution < 1.29 is 18.7 Å². The van der Waals surface area contributed by atoms with Crippen LogP contribution in [0.5, 0.6) is 11.5 Å². The Hall–Kier alpha value is -4.21. The van der Waals surface area contributed by atoms with Gasteiger partial charge in [-0.3, -0.25) is 15.0 Å². The van der Waals surface area contributed by atoms with Gasteiger partial charge in [-0.05, 0) is 36.4 Å². The highest BCUT2D eigenvalue weighted by atomic mass is 19.1. The van der Waals surface area contributed by atoms with Crippen molar-refractivity contribution >= 4 is 16.9 Å². The Morgan fingerprint density at radius 3 is 2.70 bits per heavy atom. The first-order valence-corrected chi connectivity index (χ1v) is 8.83. The van der Waals surface area contributed by atoms with Crippen LogP contribution in [0.2, 0.25) is 0 Å². The molecule has 10 heteroatoms. The zero-order chi connectivity index (χ0) is 21.1. The highest BCUT2D eigenvalue weighted by Crippen LogP contribution is 2.18. The van der Waals surface area contributed by atoms with E-state index in [0.29, 0.717) is 17.2 Å². The van der Waals surface area contributed by atoms with Crippen molar-refractivity contribution in [2.24, 2.45) is 0 Å². The predicted octanol–water partition coefficient (Wildman–Crippen LogP) is 1.88. The van der Waals surface area contributed by atoms with Crippen LogP contribution in [0.4, 0.5) is 4.39 Å². The van der Waals surface area contributed by atoms with E-state index < -0.39 is 11.5 Å². The summed E-state index contributed by atoms with van der Waals surface area (Å²) >= 11 is 0. The second-order valence-corrected chi connectivity index (χ2v) is 6.19. The number of ether oxygens (including phenoxy) is 2. The van der Waals surface area contributed by atoms with Crippen molar-refractivity contribution in [3.8, 4) is 17.2 Å². The average molecular weight is 409 g/mol. The molecule has 0 fully saturated rings. The third-order valence-corrected chi connectivity index (χ3v) is 4.22. The van der Waals surface area contributed by atoms with Crippen LogP contribution >= 0.6 is 0 Å². The highest BCUT2D eigenvalue weighted by Gasteiger charge is 2.13. The van der Waals surface area contributed by atoms with E-state index in [9.17, 15) is 14.0 Å². The fraction of sp³-hybridized carbons (Fsp3) is 0.100. The minimum absolute atomic E-state index is 0.191. The van der Waals surface area contributed by atoms with Gasteiger partial charge in [0.1, 0.15) is 29.0 Å². The lowest BCUT2D eigenvalue weighted by atomic mass is 10.3. The largest absolute Gasteiger partial charge is 0.497 e. The summed E-state index contributed by atoms with van der Waals surface area (Å²) < 4.78 is 26.0. The van der Waals surface area contributed by atoms with Crippen molar-refractivity contribution in [3.05, 3.63) is 77.2 Å². The summed E-state index contributed by atoms with van der Waals surface area (Å²) in [4.78, 5) is 29.0. The number of hydrogen-bond acceptors (Lipinski definition) is 6. The number of nitrogens with zero attached hydrogens (tertiary/aromatic N) is 4. The minimum Gasteiger partial charge on any atom is -0.497 e. The van der Waals surface area contributed by atoms with Gasteiger partial charge in [0, 0.05) is 6.07 Å². The molecule has 4 rings (SSSR count). The number of hydrogen-bond donors (Lipinski definition) is 1. The van der Waals surface area contributed by atoms with Gasteiger partial charge in [0.05, 0.1) is 19.0 Å². The van der Waals surface area contributed by atoms with Crippen LogP contribution in [0.25, 0.3) is 16.7 Å². The molecule has 30 heavy (non-hydrogen) atoms. The normalized spacial score (nSPS) is 10.7. The number of carbonyl (C=O) groups excluding carboxylic acids is 1. The molecule has 0 saturated heterocycles. The van der Waals surface area contributed by atoms with E-state index in [4.69, 9.17) is 9.47 Å². The Labute approximate surface area is 169 Å². The zero-order valence-corrected chi connectivity index (χ0v) is 15.8. The van der Waals surface area contributed by atoms with E-state index in [1.165, 1.54) is 48.6 Å². The molecule has 0 saturated carbocycles. The van der Waals surface area contributed by atoms with Crippen LogP contribution in [0.15, 0.2) is 65.8 Å². The maximum absolute atomic E-state index is 13.1. The molecule has 2 aromatic carbocycles. The third-order valence-electron chi connectivity index (χ3n) is 4.22. The summed E-state index contributed by atoms with van der Waals surface area (Å²) in [7, 11) is 1.53. The lowest BCUT2D eigenvalue weighted by Crippen LogP contribution is -2.35. The number of rotatable bonds is 6. The van der Waals surface area contributed by atoms with Crippen LogP contribution in [0.3, 0.4) is 0 Å². The second kappa shape index (κ2) is 8.03. The summed E-state index contributed by atoms with van der Waals surface area (Å²) in [5, 5.41) is 4.33. The number of amides is 1. The van der Waals surface area contributed by atoms with Gasteiger partial charge in [-0.2, -0.15) is 5.10 Å². The monoisotopic (exact) mass is 409 g/mol. The van der Waals surface area contributed by atoms with Crippen molar-refractivity contribution in [2.75, 3.05) is 19.1 Å². The van der Waals surface area contributed by atoms with Gasteiger partial charge in [0.2, 0.25) is 0 Å². The third kappa shape index (κ3) is 3.83. The molecule has 0 aliphatic rings. The number of aromatic nitrogens is 4. The van der Waals surface area contributed by atoms with E-state index in [1.54, 1.807) is 24.3 Å². The Balaban J connectivity index is 1.50. The van der Waals surface area contributed by atoms with Gasteiger partial charge in [-0.1, -0.05) is 6.07 Å². The first-order chi connectivity index (χ1) is 14.5. The molecule has 2 heterocycles. The second-order valence-electron chi connectivity index (χ2n) is 6.19. The summed E-state index contributed by atoms with van der Waals surface area (Å²) in [6, 6.07) is 12.4. The molecule has 1 N–H and O–H groups in total. The fourth-order valence-corrected chi connectivity index (χ4v) is 2.77. The van der Waals surface area contributed by atoms with Gasteiger partial charge < -0.3 is 9.47 Å². The molecule has 9 nitrogen and oxygen atoms in total. The van der Waals surface area contributed by atoms with Gasteiger partial charge in [0.25, 0.3) is 11.5 Å². The number of halogens is 1. The molecule has 2 aromatic heterocycles. The number of carbonyl (C=O) groups is 1. The number of nitrogens with one attached hydrogen (secondary N) is 1. The summed E-state index contributed by atoms with van der Waals surface area (Å²) in [6.45, 7) is -0.313. The summed E-state index contributed by atoms with van der Waals surface area (Å²) in [6.07, 6.45) is 2.51. The molecule has 0 radical (unpaired) electrons. The van der Waals surface area contributed by atoms with Crippen LogP contribution in [0, 0.1) is 5.82 Å². The molecule has 0 unspecified atom stereocenters. The van der Waals surface area contributed by atoms with E-state index >= 15 is 0 Å². The summed E-state index contributed by atoms with van der Waals surface area (Å²) in [5.41, 5.74) is 2.74. The molecule has 1 amide bonds. The smallest absolute Gasteiger partial charge is 0.283 e. The quantitative estimate of drug-likeness (QED) is 0.522. The lowest BCUT2D eigenvalue weighted by molar-refractivity contribution is -0.119. The van der Waals surface area contributed by atoms with Gasteiger partial charge in [-0.15, -0.1) is 0 Å². The van der Waals surface area contributed by atoms with E-state index in [2.05, 4.69) is 15.5 Å². The SMILES string of the molecule is COc1cccc(OCC(=O)Nn2cnc3c(cnn3-c3ccc(F)cc3)c2=O)c1. The molecule has 0 aliphatic carbocycles. The Morgan fingerprint density at radius 1 is 1.17 bits per heavy atom. The zero-order valence-electron chi connectivity index (χ0n) is 15.8. The first kappa shape index (κ1) is 19.1. The van der Waals surface area contributed by atoms with Crippen LogP contribution in [-0.2, 0) is 4.79 Å². The van der Waals surface area contributed by atoms with E-state index in [0.717, 1.165) is 4.68 Å². The van der Waals surface area contributed by atoms with Gasteiger partial charge in [0.15, 0.2) is 12.3 Å². The molecule has 0 atom stereocenters. The first-order valence-electron chi connectivity index (χ1n) is 8.83. The lowest BCUT2D eigenvalue weighted by Gasteiger charge is -2.10. The Bertz CT molecular complexity index is 1270. The number of benzene rings is 2. The van der Waals surface area contributed by atoms with Gasteiger partial charge >= 0.3 is 0 Å². The molecule has 0 spiro atoms. The molecular formula is C20H16FN5O4. The maximum Gasteiger partial charge on any atom is 0.283 e. The summed E-state index contributed by atoms with van der Waals surface area (Å²) in [5.74, 6) is 0.111. The van der Waals surface area contributed by atoms with Crippen LogP contribution < -0.4 is 20.5 Å². The standard InChI is InChI=1S/C20H16FN5O4/c1-29-15-3-2-4-16(9-15)30-11-18(27)24-25-12-22-19-17(20(25)28)10-23-26(19)14-7-5-13(21)6-8-14/h2-10,12H,11H2,1H3,(H,24,27). The molecule has 152 valence electrons. The maximum atomic E-state index is 13.1. The highest BCUT2D eigenvalue weighted by molar-refractivity contribution is 5.85. The molecule has 0 aliphatic heterocycles. The fourth-order valence-electron chi connectivity index (χ4n) is 2.77. The van der Waals surface area contributed by atoms with E-state index in [-0.39, 0.29) is 23.5 Å². The van der Waals surface area contributed by atoms with Crippen molar-refractivity contribution in [2.45, 2.75) is 0 Å². The van der Waals surface area contributed by atoms with E-state index in [1.807, 2.05) is 0 Å².